The van der Waals surface area contributed by atoms with E-state index in [1.54, 1.807) is 10.4 Å². The van der Waals surface area contributed by atoms with Crippen molar-refractivity contribution in [1.82, 2.24) is 0 Å². The predicted molar refractivity (Wildman–Crippen MR) is 83.4 cm³/mol. The number of benzene rings is 1. The third-order valence-corrected chi connectivity index (χ3v) is 10.6. The van der Waals surface area contributed by atoms with Gasteiger partial charge in [0.15, 0.2) is 0 Å². The van der Waals surface area contributed by atoms with E-state index in [1.165, 1.54) is 6.42 Å². The molecule has 0 N–H and O–H groups in total. The van der Waals surface area contributed by atoms with E-state index in [2.05, 4.69) is 69.1 Å². The van der Waals surface area contributed by atoms with Gasteiger partial charge in [0.1, 0.15) is 8.07 Å². The molecule has 1 aromatic carbocycles. The Morgan fingerprint density at radius 1 is 0.941 bits per heavy atom. The van der Waals surface area contributed by atoms with Crippen LogP contribution in [0.5, 0.6) is 0 Å². The van der Waals surface area contributed by atoms with Crippen LogP contribution in [-0.4, -0.2) is 16.1 Å². The van der Waals surface area contributed by atoms with E-state index < -0.39 is 16.1 Å². The van der Waals surface area contributed by atoms with E-state index in [4.69, 9.17) is 0 Å². The summed E-state index contributed by atoms with van der Waals surface area (Å²) in [7, 11) is -2.28. The number of hydrogen-bond donors (Lipinski definition) is 0. The minimum absolute atomic E-state index is 0.924. The van der Waals surface area contributed by atoms with Crippen LogP contribution in [0.25, 0.3) is 0 Å². The third-order valence-electron chi connectivity index (χ3n) is 4.25. The number of hydrogen-bond acceptors (Lipinski definition) is 0. The Kier molecular flexibility index (Phi) is 3.21. The Bertz CT molecular complexity index is 424. The quantitative estimate of drug-likeness (QED) is 0.715. The lowest BCUT2D eigenvalue weighted by Gasteiger charge is -2.41. The lowest BCUT2D eigenvalue weighted by atomic mass is 10.1. The molecule has 1 atom stereocenters. The van der Waals surface area contributed by atoms with E-state index in [0.29, 0.717) is 0 Å². The highest BCUT2D eigenvalue weighted by atomic mass is 28.3. The van der Waals surface area contributed by atoms with Crippen molar-refractivity contribution in [1.29, 1.82) is 0 Å². The fraction of sp³-hybridized carbons (Fsp3) is 0.467. The monoisotopic (exact) mass is 260 g/mol. The summed E-state index contributed by atoms with van der Waals surface area (Å²) in [6.45, 7) is 12.5. The first-order valence-corrected chi connectivity index (χ1v) is 13.2. The first-order valence-electron chi connectivity index (χ1n) is 6.58. The molecule has 0 fully saturated rings. The maximum Gasteiger partial charge on any atom is 0.107 e. The molecule has 1 aromatic rings. The maximum absolute atomic E-state index is 2.62. The van der Waals surface area contributed by atoms with Gasteiger partial charge >= 0.3 is 0 Å². The lowest BCUT2D eigenvalue weighted by Crippen LogP contribution is -2.48. The molecule has 0 aliphatic heterocycles. The number of allylic oxidation sites excluding steroid dienone is 2. The highest BCUT2D eigenvalue weighted by Crippen LogP contribution is 2.42. The molecule has 17 heavy (non-hydrogen) atoms. The molecule has 1 aliphatic carbocycles. The topological polar surface area (TPSA) is 0 Å². The molecular weight excluding hydrogens is 236 g/mol. The molecule has 0 heterocycles. The van der Waals surface area contributed by atoms with Crippen molar-refractivity contribution in [2.75, 3.05) is 0 Å². The highest BCUT2D eigenvalue weighted by Gasteiger charge is 2.39. The van der Waals surface area contributed by atoms with Crippen molar-refractivity contribution >= 4 is 21.3 Å². The standard InChI is InChI=1S/C15H24Si2/c1-16(2,3)14-11-15(12-14)17(4,5)13-9-7-6-8-10-13/h6-11,14H,12H2,1-5H3. The van der Waals surface area contributed by atoms with Gasteiger partial charge in [-0.25, -0.2) is 0 Å². The van der Waals surface area contributed by atoms with Crippen molar-refractivity contribution in [3.63, 3.8) is 0 Å². The molecule has 2 heteroatoms. The van der Waals surface area contributed by atoms with Gasteiger partial charge in [-0.2, -0.15) is 0 Å². The van der Waals surface area contributed by atoms with Crippen LogP contribution in [0.3, 0.4) is 0 Å². The summed E-state index contributed by atoms with van der Waals surface area (Å²) >= 11 is 0. The van der Waals surface area contributed by atoms with Gasteiger partial charge in [-0.05, 0) is 12.0 Å². The summed E-state index contributed by atoms with van der Waals surface area (Å²) in [5.41, 5.74) is 0.924. The van der Waals surface area contributed by atoms with Gasteiger partial charge in [0.05, 0.1) is 8.07 Å². The summed E-state index contributed by atoms with van der Waals surface area (Å²) in [5, 5.41) is 3.36. The molecule has 92 valence electrons. The van der Waals surface area contributed by atoms with Gasteiger partial charge in [0, 0.05) is 0 Å². The molecule has 0 saturated heterocycles. The molecule has 1 unspecified atom stereocenters. The third kappa shape index (κ3) is 2.48. The largest absolute Gasteiger partial charge is 0.107 e. The van der Waals surface area contributed by atoms with Gasteiger partial charge in [-0.15, -0.1) is 0 Å². The fourth-order valence-corrected chi connectivity index (χ4v) is 7.16. The van der Waals surface area contributed by atoms with E-state index in [9.17, 15) is 0 Å². The fourth-order valence-electron chi connectivity index (χ4n) is 2.51. The Morgan fingerprint density at radius 2 is 1.47 bits per heavy atom. The zero-order valence-corrected chi connectivity index (χ0v) is 13.7. The molecular formula is C15H24Si2. The van der Waals surface area contributed by atoms with Crippen molar-refractivity contribution in [3.05, 3.63) is 41.6 Å². The second-order valence-electron chi connectivity index (χ2n) is 6.86. The first-order chi connectivity index (χ1) is 7.82. The van der Waals surface area contributed by atoms with E-state index in [-0.39, 0.29) is 0 Å². The van der Waals surface area contributed by atoms with E-state index >= 15 is 0 Å². The molecule has 0 radical (unpaired) electrons. The smallest absolute Gasteiger partial charge is 0.0881 e. The molecule has 0 saturated carbocycles. The Labute approximate surface area is 108 Å². The summed E-state index contributed by atoms with van der Waals surface area (Å²) in [5.74, 6) is 0. The minimum Gasteiger partial charge on any atom is -0.0881 e. The second kappa shape index (κ2) is 4.25. The molecule has 2 rings (SSSR count). The highest BCUT2D eigenvalue weighted by molar-refractivity contribution is 6.96. The summed E-state index contributed by atoms with van der Waals surface area (Å²) in [6.07, 6.45) is 4.00. The van der Waals surface area contributed by atoms with Crippen LogP contribution in [0.1, 0.15) is 6.42 Å². The minimum atomic E-state index is -1.33. The van der Waals surface area contributed by atoms with Gasteiger partial charge in [-0.1, -0.05) is 79.5 Å². The molecule has 0 aromatic heterocycles. The van der Waals surface area contributed by atoms with Crippen LogP contribution < -0.4 is 5.19 Å². The average molecular weight is 261 g/mol. The van der Waals surface area contributed by atoms with Crippen LogP contribution in [0.2, 0.25) is 38.3 Å². The van der Waals surface area contributed by atoms with Gasteiger partial charge in [0.2, 0.25) is 0 Å². The maximum atomic E-state index is 2.62. The van der Waals surface area contributed by atoms with Crippen molar-refractivity contribution in [2.24, 2.45) is 0 Å². The lowest BCUT2D eigenvalue weighted by molar-refractivity contribution is 0.879. The Hall–Kier alpha value is -0.606. The zero-order chi connectivity index (χ0) is 12.7. The van der Waals surface area contributed by atoms with E-state index in [1.807, 2.05) is 0 Å². The second-order valence-corrected chi connectivity index (χ2v) is 16.8. The van der Waals surface area contributed by atoms with Crippen molar-refractivity contribution in [2.45, 2.75) is 44.7 Å². The number of rotatable bonds is 3. The van der Waals surface area contributed by atoms with Crippen LogP contribution >= 0.6 is 0 Å². The van der Waals surface area contributed by atoms with E-state index in [0.717, 1.165) is 5.54 Å². The normalized spacial score (nSPS) is 20.8. The average Bonchev–Trinajstić information content (AvgIpc) is 2.13. The molecule has 0 bridgehead atoms. The molecule has 0 nitrogen and oxygen atoms in total. The SMILES string of the molecule is C[Si](C)(C1=CC([Si](C)(C)C)C1)c1ccccc1. The Morgan fingerprint density at radius 3 is 1.94 bits per heavy atom. The van der Waals surface area contributed by atoms with Crippen molar-refractivity contribution < 1.29 is 0 Å². The Balaban J connectivity index is 2.21. The summed E-state index contributed by atoms with van der Waals surface area (Å²) in [6, 6.07) is 11.1. The van der Waals surface area contributed by atoms with Crippen molar-refractivity contribution in [3.8, 4) is 0 Å². The first kappa shape index (κ1) is 12.8. The van der Waals surface area contributed by atoms with Gasteiger partial charge < -0.3 is 0 Å². The van der Waals surface area contributed by atoms with Crippen LogP contribution in [0, 0.1) is 0 Å². The summed E-state index contributed by atoms with van der Waals surface area (Å²) in [4.78, 5) is 0. The van der Waals surface area contributed by atoms with Gasteiger partial charge in [-0.3, -0.25) is 0 Å². The zero-order valence-electron chi connectivity index (χ0n) is 11.7. The molecule has 0 amide bonds. The van der Waals surface area contributed by atoms with Crippen LogP contribution in [0.4, 0.5) is 0 Å². The summed E-state index contributed by atoms with van der Waals surface area (Å²) < 4.78 is 0. The predicted octanol–water partition coefficient (Wildman–Crippen LogP) is 4.18. The van der Waals surface area contributed by atoms with Crippen LogP contribution in [0.15, 0.2) is 41.6 Å². The van der Waals surface area contributed by atoms with Crippen LogP contribution in [-0.2, 0) is 0 Å². The molecule has 0 spiro atoms. The molecule has 1 aliphatic rings. The van der Waals surface area contributed by atoms with Gasteiger partial charge in [0.25, 0.3) is 0 Å².